The Kier molecular flexibility index (Phi) is 5.67. The molecule has 0 aliphatic carbocycles. The van der Waals surface area contributed by atoms with Gasteiger partial charge in [0.15, 0.2) is 4.87 Å². The smallest absolute Gasteiger partial charge is 0.257 e. The van der Waals surface area contributed by atoms with Crippen LogP contribution in [0.2, 0.25) is 0 Å². The van der Waals surface area contributed by atoms with Crippen molar-refractivity contribution in [2.45, 2.75) is 36.5 Å². The first kappa shape index (κ1) is 18.5. The number of hydrogen-bond donors (Lipinski definition) is 2. The van der Waals surface area contributed by atoms with Gasteiger partial charge in [-0.1, -0.05) is 68.1 Å². The van der Waals surface area contributed by atoms with E-state index in [1.807, 2.05) is 48.5 Å². The molecule has 1 aliphatic heterocycles. The molecule has 1 aliphatic rings. The number of carbonyl (C=O) groups excluding carboxylic acids is 2. The molecule has 0 fully saturated rings. The summed E-state index contributed by atoms with van der Waals surface area (Å²) in [7, 11) is 0. The lowest BCUT2D eigenvalue weighted by Crippen LogP contribution is -2.59. The van der Waals surface area contributed by atoms with E-state index in [0.717, 1.165) is 16.9 Å². The Morgan fingerprint density at radius 3 is 2.54 bits per heavy atom. The highest BCUT2D eigenvalue weighted by Gasteiger charge is 2.45. The molecular formula is C21H24N2O2S. The van der Waals surface area contributed by atoms with Crippen molar-refractivity contribution in [2.75, 3.05) is 6.54 Å². The summed E-state index contributed by atoms with van der Waals surface area (Å²) in [6.07, 6.45) is 1.34. The van der Waals surface area contributed by atoms with Crippen molar-refractivity contribution in [3.05, 3.63) is 65.7 Å². The van der Waals surface area contributed by atoms with Gasteiger partial charge in [0.05, 0.1) is 5.56 Å². The second kappa shape index (κ2) is 7.96. The molecule has 0 saturated carbocycles. The molecule has 5 heteroatoms. The normalized spacial score (nSPS) is 19.0. The van der Waals surface area contributed by atoms with Crippen LogP contribution in [0.25, 0.3) is 0 Å². The molecule has 136 valence electrons. The maximum atomic E-state index is 13.1. The molecule has 0 bridgehead atoms. The van der Waals surface area contributed by atoms with Gasteiger partial charge in [0.25, 0.3) is 11.8 Å². The molecule has 2 aromatic carbocycles. The van der Waals surface area contributed by atoms with Gasteiger partial charge in [0, 0.05) is 17.9 Å². The fraction of sp³-hybridized carbons (Fsp3) is 0.333. The van der Waals surface area contributed by atoms with E-state index in [0.29, 0.717) is 24.4 Å². The molecule has 0 radical (unpaired) electrons. The van der Waals surface area contributed by atoms with Crippen LogP contribution in [0, 0.1) is 5.92 Å². The summed E-state index contributed by atoms with van der Waals surface area (Å²) in [6.45, 7) is 4.85. The second-order valence-electron chi connectivity index (χ2n) is 6.98. The second-order valence-corrected chi connectivity index (χ2v) is 8.32. The van der Waals surface area contributed by atoms with Crippen LogP contribution in [-0.2, 0) is 11.2 Å². The predicted molar refractivity (Wildman–Crippen MR) is 105 cm³/mol. The van der Waals surface area contributed by atoms with Gasteiger partial charge in [-0.2, -0.15) is 0 Å². The lowest BCUT2D eigenvalue weighted by Gasteiger charge is -2.37. The van der Waals surface area contributed by atoms with Crippen molar-refractivity contribution in [2.24, 2.45) is 5.92 Å². The van der Waals surface area contributed by atoms with Crippen LogP contribution in [0.5, 0.6) is 0 Å². The Morgan fingerprint density at radius 2 is 1.81 bits per heavy atom. The van der Waals surface area contributed by atoms with Crippen molar-refractivity contribution in [1.29, 1.82) is 0 Å². The average molecular weight is 369 g/mol. The third-order valence-corrected chi connectivity index (χ3v) is 5.76. The van der Waals surface area contributed by atoms with E-state index in [9.17, 15) is 9.59 Å². The number of rotatable bonds is 6. The molecule has 2 N–H and O–H groups in total. The number of nitrogens with one attached hydrogen (secondary N) is 2. The van der Waals surface area contributed by atoms with E-state index in [2.05, 4.69) is 24.5 Å². The maximum Gasteiger partial charge on any atom is 0.257 e. The molecule has 1 heterocycles. The van der Waals surface area contributed by atoms with Crippen LogP contribution < -0.4 is 10.6 Å². The largest absolute Gasteiger partial charge is 0.353 e. The topological polar surface area (TPSA) is 58.2 Å². The fourth-order valence-electron chi connectivity index (χ4n) is 2.97. The van der Waals surface area contributed by atoms with Crippen LogP contribution >= 0.6 is 11.8 Å². The Balaban J connectivity index is 1.90. The van der Waals surface area contributed by atoms with Gasteiger partial charge < -0.3 is 10.6 Å². The van der Waals surface area contributed by atoms with E-state index in [-0.39, 0.29) is 11.8 Å². The first-order valence-corrected chi connectivity index (χ1v) is 9.74. The van der Waals surface area contributed by atoms with E-state index in [4.69, 9.17) is 0 Å². The van der Waals surface area contributed by atoms with Gasteiger partial charge in [-0.15, -0.1) is 0 Å². The monoisotopic (exact) mass is 368 g/mol. The van der Waals surface area contributed by atoms with Crippen LogP contribution in [0.1, 0.15) is 36.2 Å². The Hall–Kier alpha value is -2.27. The summed E-state index contributed by atoms with van der Waals surface area (Å²) in [5, 5.41) is 6.01. The summed E-state index contributed by atoms with van der Waals surface area (Å²) < 4.78 is 0. The molecule has 0 aromatic heterocycles. The lowest BCUT2D eigenvalue weighted by molar-refractivity contribution is -0.124. The predicted octanol–water partition coefficient (Wildman–Crippen LogP) is 3.62. The summed E-state index contributed by atoms with van der Waals surface area (Å²) in [5.74, 6) is 0.166. The number of amides is 2. The van der Waals surface area contributed by atoms with Gasteiger partial charge in [-0.05, 0) is 30.0 Å². The van der Waals surface area contributed by atoms with Gasteiger partial charge in [0.2, 0.25) is 0 Å². The van der Waals surface area contributed by atoms with Gasteiger partial charge in [0.1, 0.15) is 0 Å². The zero-order chi connectivity index (χ0) is 18.6. The highest BCUT2D eigenvalue weighted by Crippen LogP contribution is 2.40. The number of fused-ring (bicyclic) bond motifs is 1. The minimum atomic E-state index is -1.04. The van der Waals surface area contributed by atoms with Crippen molar-refractivity contribution in [1.82, 2.24) is 10.6 Å². The van der Waals surface area contributed by atoms with Crippen LogP contribution in [0.15, 0.2) is 59.5 Å². The molecule has 0 unspecified atom stereocenters. The van der Waals surface area contributed by atoms with E-state index in [1.54, 1.807) is 6.07 Å². The van der Waals surface area contributed by atoms with Crippen molar-refractivity contribution in [3.63, 3.8) is 0 Å². The number of benzene rings is 2. The molecule has 0 spiro atoms. The summed E-state index contributed by atoms with van der Waals surface area (Å²) in [5.41, 5.74) is 1.63. The highest BCUT2D eigenvalue weighted by atomic mass is 32.2. The molecule has 2 aromatic rings. The lowest BCUT2D eigenvalue weighted by atomic mass is 10.0. The van der Waals surface area contributed by atoms with E-state index >= 15 is 0 Å². The van der Waals surface area contributed by atoms with Crippen molar-refractivity contribution < 1.29 is 9.59 Å². The van der Waals surface area contributed by atoms with Gasteiger partial charge in [-0.3, -0.25) is 9.59 Å². The first-order chi connectivity index (χ1) is 12.5. The molecule has 1 atom stereocenters. The molecule has 2 amide bonds. The van der Waals surface area contributed by atoms with Gasteiger partial charge in [-0.25, -0.2) is 0 Å². The molecule has 3 rings (SSSR count). The molecule has 0 saturated heterocycles. The Morgan fingerprint density at radius 1 is 1.12 bits per heavy atom. The fourth-order valence-corrected chi connectivity index (χ4v) is 4.31. The first-order valence-electron chi connectivity index (χ1n) is 8.93. The van der Waals surface area contributed by atoms with Crippen molar-refractivity contribution >= 4 is 23.6 Å². The summed E-state index contributed by atoms with van der Waals surface area (Å²) in [6, 6.07) is 17.2. The maximum absolute atomic E-state index is 13.1. The third-order valence-electron chi connectivity index (χ3n) is 4.40. The number of thioether (sulfide) groups is 1. The van der Waals surface area contributed by atoms with Crippen molar-refractivity contribution in [3.8, 4) is 0 Å². The quantitative estimate of drug-likeness (QED) is 0.819. The summed E-state index contributed by atoms with van der Waals surface area (Å²) in [4.78, 5) is 25.6. The van der Waals surface area contributed by atoms with E-state index < -0.39 is 4.87 Å². The SMILES string of the molecule is CC(C)CCNC(=O)[C@]1(Cc2ccccc2)NC(=O)c2ccccc2S1. The number of carbonyl (C=O) groups is 2. The minimum absolute atomic E-state index is 0.144. The van der Waals surface area contributed by atoms with Crippen LogP contribution in [-0.4, -0.2) is 23.2 Å². The van der Waals surface area contributed by atoms with Crippen LogP contribution in [0.4, 0.5) is 0 Å². The standard InChI is InChI=1S/C21H24N2O2S/c1-15(2)12-13-22-20(25)21(14-16-8-4-3-5-9-16)23-19(24)17-10-6-7-11-18(17)26-21/h3-11,15H,12-14H2,1-2H3,(H,22,25)(H,23,24)/t21-/m1/s1. The number of hydrogen-bond acceptors (Lipinski definition) is 3. The zero-order valence-electron chi connectivity index (χ0n) is 15.1. The molecule has 4 nitrogen and oxygen atoms in total. The highest BCUT2D eigenvalue weighted by molar-refractivity contribution is 8.01. The molecular weight excluding hydrogens is 344 g/mol. The van der Waals surface area contributed by atoms with E-state index in [1.165, 1.54) is 11.8 Å². The summed E-state index contributed by atoms with van der Waals surface area (Å²) >= 11 is 1.43. The van der Waals surface area contributed by atoms with Crippen LogP contribution in [0.3, 0.4) is 0 Å². The average Bonchev–Trinajstić information content (AvgIpc) is 2.62. The zero-order valence-corrected chi connectivity index (χ0v) is 15.9. The van der Waals surface area contributed by atoms with Gasteiger partial charge >= 0.3 is 0 Å². The molecule has 26 heavy (non-hydrogen) atoms. The Labute approximate surface area is 158 Å². The minimum Gasteiger partial charge on any atom is -0.353 e. The third kappa shape index (κ3) is 4.10. The Bertz CT molecular complexity index is 792.